The standard InChI is InChI=1S/C21H22ClN2O.ClH/c22-20-8-6-19(7-9-20)21(25)24-14-17-10-18(15-24)13-23(12-17)11-16-4-2-1-3-5-16;/h1-9,17H,10-15H2;1H. The second-order valence-corrected chi connectivity index (χ2v) is 7.60. The highest BCUT2D eigenvalue weighted by Gasteiger charge is 2.36. The summed E-state index contributed by atoms with van der Waals surface area (Å²) in [5, 5.41) is 0.665. The fourth-order valence-corrected chi connectivity index (χ4v) is 4.18. The molecule has 2 fully saturated rings. The average molecular weight is 390 g/mol. The Balaban J connectivity index is 0.00000196. The van der Waals surface area contributed by atoms with Gasteiger partial charge in [-0.05, 0) is 42.2 Å². The topological polar surface area (TPSA) is 23.6 Å². The van der Waals surface area contributed by atoms with Gasteiger partial charge in [-0.1, -0.05) is 41.9 Å². The molecular formula is C21H23Cl2N2O. The van der Waals surface area contributed by atoms with Crippen LogP contribution >= 0.6 is 24.0 Å². The van der Waals surface area contributed by atoms with Gasteiger partial charge in [0.2, 0.25) is 0 Å². The van der Waals surface area contributed by atoms with Gasteiger partial charge in [-0.3, -0.25) is 9.69 Å². The van der Waals surface area contributed by atoms with Crippen LogP contribution in [-0.4, -0.2) is 41.9 Å². The van der Waals surface area contributed by atoms with Crippen molar-refractivity contribution in [3.05, 3.63) is 76.7 Å². The van der Waals surface area contributed by atoms with E-state index in [1.54, 1.807) is 12.1 Å². The Kier molecular flexibility index (Phi) is 6.23. The van der Waals surface area contributed by atoms with Crippen molar-refractivity contribution in [1.29, 1.82) is 0 Å². The molecule has 26 heavy (non-hydrogen) atoms. The van der Waals surface area contributed by atoms with Crippen molar-refractivity contribution < 1.29 is 4.79 Å². The van der Waals surface area contributed by atoms with Gasteiger partial charge in [-0.25, -0.2) is 0 Å². The van der Waals surface area contributed by atoms with Crippen molar-refractivity contribution >= 4 is 29.9 Å². The number of carbonyl (C=O) groups is 1. The van der Waals surface area contributed by atoms with Crippen LogP contribution in [0.5, 0.6) is 0 Å². The quantitative estimate of drug-likeness (QED) is 0.780. The molecule has 2 bridgehead atoms. The highest BCUT2D eigenvalue weighted by Crippen LogP contribution is 2.31. The van der Waals surface area contributed by atoms with Crippen LogP contribution < -0.4 is 0 Å². The van der Waals surface area contributed by atoms with Crippen LogP contribution in [0.3, 0.4) is 0 Å². The van der Waals surface area contributed by atoms with E-state index in [0.29, 0.717) is 10.9 Å². The highest BCUT2D eigenvalue weighted by molar-refractivity contribution is 6.30. The Morgan fingerprint density at radius 1 is 1.00 bits per heavy atom. The largest absolute Gasteiger partial charge is 0.338 e. The number of hydrogen-bond donors (Lipinski definition) is 0. The average Bonchev–Trinajstić information content (AvgIpc) is 2.62. The Bertz CT molecular complexity index is 721. The highest BCUT2D eigenvalue weighted by atomic mass is 35.5. The van der Waals surface area contributed by atoms with Gasteiger partial charge in [0.25, 0.3) is 5.91 Å². The molecule has 137 valence electrons. The van der Waals surface area contributed by atoms with E-state index in [-0.39, 0.29) is 18.3 Å². The zero-order chi connectivity index (χ0) is 17.2. The molecule has 1 radical (unpaired) electrons. The van der Waals surface area contributed by atoms with E-state index in [4.69, 9.17) is 11.6 Å². The zero-order valence-electron chi connectivity index (χ0n) is 14.6. The van der Waals surface area contributed by atoms with Gasteiger partial charge in [-0.2, -0.15) is 0 Å². The van der Waals surface area contributed by atoms with Gasteiger partial charge < -0.3 is 4.90 Å². The Morgan fingerprint density at radius 2 is 1.73 bits per heavy atom. The predicted molar refractivity (Wildman–Crippen MR) is 108 cm³/mol. The van der Waals surface area contributed by atoms with Crippen LogP contribution in [0.1, 0.15) is 22.3 Å². The summed E-state index contributed by atoms with van der Waals surface area (Å²) < 4.78 is 0. The Hall–Kier alpha value is -1.55. The summed E-state index contributed by atoms with van der Waals surface area (Å²) in [6.45, 7) is 4.67. The lowest BCUT2D eigenvalue weighted by atomic mass is 9.84. The molecule has 4 rings (SSSR count). The van der Waals surface area contributed by atoms with E-state index in [2.05, 4.69) is 35.2 Å². The first kappa shape index (κ1) is 19.2. The van der Waals surface area contributed by atoms with E-state index in [0.717, 1.165) is 44.7 Å². The Labute approximate surface area is 166 Å². The van der Waals surface area contributed by atoms with Crippen molar-refractivity contribution in [3.8, 4) is 0 Å². The van der Waals surface area contributed by atoms with Gasteiger partial charge in [0.15, 0.2) is 0 Å². The number of benzene rings is 2. The Morgan fingerprint density at radius 3 is 2.42 bits per heavy atom. The molecule has 1 amide bonds. The minimum Gasteiger partial charge on any atom is -0.338 e. The molecule has 2 aliphatic rings. The molecule has 0 aliphatic carbocycles. The number of hydrogen-bond acceptors (Lipinski definition) is 2. The molecule has 2 saturated heterocycles. The maximum Gasteiger partial charge on any atom is 0.253 e. The van der Waals surface area contributed by atoms with E-state index in [9.17, 15) is 4.79 Å². The summed E-state index contributed by atoms with van der Waals surface area (Å²) in [6.07, 6.45) is 1.16. The zero-order valence-corrected chi connectivity index (χ0v) is 16.2. The summed E-state index contributed by atoms with van der Waals surface area (Å²) in [7, 11) is 0. The number of carbonyl (C=O) groups excluding carboxylic acids is 1. The second kappa shape index (κ2) is 8.43. The number of piperidine rings is 2. The van der Waals surface area contributed by atoms with Crippen molar-refractivity contribution in [3.63, 3.8) is 0 Å². The van der Waals surface area contributed by atoms with Crippen LogP contribution in [-0.2, 0) is 6.54 Å². The summed E-state index contributed by atoms with van der Waals surface area (Å²) in [4.78, 5) is 17.3. The second-order valence-electron chi connectivity index (χ2n) is 7.17. The lowest BCUT2D eigenvalue weighted by molar-refractivity contribution is 0.0563. The molecule has 2 heterocycles. The fourth-order valence-electron chi connectivity index (χ4n) is 4.06. The van der Waals surface area contributed by atoms with Crippen molar-refractivity contribution in [2.45, 2.75) is 13.0 Å². The molecule has 0 spiro atoms. The van der Waals surface area contributed by atoms with Crippen molar-refractivity contribution in [2.24, 2.45) is 5.92 Å². The first-order valence-electron chi connectivity index (χ1n) is 8.82. The number of likely N-dealkylation sites (tertiary alicyclic amines) is 2. The number of amides is 1. The van der Waals surface area contributed by atoms with Crippen LogP contribution in [0.2, 0.25) is 5.02 Å². The molecule has 0 aromatic heterocycles. The monoisotopic (exact) mass is 389 g/mol. The third kappa shape index (κ3) is 4.40. The molecule has 2 aromatic rings. The van der Waals surface area contributed by atoms with Crippen molar-refractivity contribution in [1.82, 2.24) is 9.80 Å². The van der Waals surface area contributed by atoms with E-state index in [1.807, 2.05) is 17.0 Å². The van der Waals surface area contributed by atoms with Gasteiger partial charge >= 0.3 is 0 Å². The van der Waals surface area contributed by atoms with E-state index < -0.39 is 0 Å². The minimum absolute atomic E-state index is 0. The normalized spacial score (nSPS) is 20.5. The maximum atomic E-state index is 12.8. The molecular weight excluding hydrogens is 367 g/mol. The molecule has 2 aromatic carbocycles. The smallest absolute Gasteiger partial charge is 0.253 e. The van der Waals surface area contributed by atoms with Gasteiger partial charge in [0, 0.05) is 49.2 Å². The fraction of sp³-hybridized carbons (Fsp3) is 0.333. The van der Waals surface area contributed by atoms with Crippen molar-refractivity contribution in [2.75, 3.05) is 26.2 Å². The summed E-state index contributed by atoms with van der Waals surface area (Å²) >= 11 is 5.93. The molecule has 1 atom stereocenters. The SMILES string of the molecule is Cl.O=C(c1ccc(Cl)cc1)N1C[C]2CC(CN(Cc3ccccc3)C2)C1. The van der Waals surface area contributed by atoms with E-state index >= 15 is 0 Å². The van der Waals surface area contributed by atoms with Crippen LogP contribution in [0, 0.1) is 11.8 Å². The third-order valence-electron chi connectivity index (χ3n) is 5.06. The first-order chi connectivity index (χ1) is 12.2. The van der Waals surface area contributed by atoms with Gasteiger partial charge in [0.1, 0.15) is 0 Å². The molecule has 1 unspecified atom stereocenters. The first-order valence-corrected chi connectivity index (χ1v) is 9.20. The molecule has 0 N–H and O–H groups in total. The van der Waals surface area contributed by atoms with Crippen LogP contribution in [0.25, 0.3) is 0 Å². The molecule has 2 aliphatic heterocycles. The number of halogens is 2. The number of fused-ring (bicyclic) bond motifs is 2. The minimum atomic E-state index is 0. The van der Waals surface area contributed by atoms with E-state index in [1.165, 1.54) is 11.5 Å². The van der Waals surface area contributed by atoms with Crippen LogP contribution in [0.4, 0.5) is 0 Å². The maximum absolute atomic E-state index is 12.8. The third-order valence-corrected chi connectivity index (χ3v) is 5.31. The predicted octanol–water partition coefficient (Wildman–Crippen LogP) is 4.31. The molecule has 3 nitrogen and oxygen atoms in total. The molecule has 0 saturated carbocycles. The lowest BCUT2D eigenvalue weighted by Gasteiger charge is -2.45. The number of nitrogens with zero attached hydrogens (tertiary/aromatic N) is 2. The molecule has 5 heteroatoms. The lowest BCUT2D eigenvalue weighted by Crippen LogP contribution is -2.52. The van der Waals surface area contributed by atoms with Crippen LogP contribution in [0.15, 0.2) is 54.6 Å². The summed E-state index contributed by atoms with van der Waals surface area (Å²) in [6, 6.07) is 17.8. The van der Waals surface area contributed by atoms with Gasteiger partial charge in [-0.15, -0.1) is 12.4 Å². The van der Waals surface area contributed by atoms with Gasteiger partial charge in [0.05, 0.1) is 0 Å². The number of rotatable bonds is 3. The summed E-state index contributed by atoms with van der Waals surface area (Å²) in [5.41, 5.74) is 2.09. The summed E-state index contributed by atoms with van der Waals surface area (Å²) in [5.74, 6) is 2.13.